The van der Waals surface area contributed by atoms with E-state index in [9.17, 15) is 0 Å². The summed E-state index contributed by atoms with van der Waals surface area (Å²) in [6.45, 7) is 10.8. The molecule has 0 radical (unpaired) electrons. The molecule has 0 bridgehead atoms. The maximum atomic E-state index is 4.64. The van der Waals surface area contributed by atoms with Crippen LogP contribution in [0.2, 0.25) is 0 Å². The first-order valence-corrected chi connectivity index (χ1v) is 12.6. The average molecular weight is 464 g/mol. The maximum absolute atomic E-state index is 4.64. The Morgan fingerprint density at radius 3 is 2.56 bits per heavy atom. The van der Waals surface area contributed by atoms with Crippen molar-refractivity contribution in [3.63, 3.8) is 0 Å². The van der Waals surface area contributed by atoms with E-state index in [-0.39, 0.29) is 0 Å². The van der Waals surface area contributed by atoms with Gasteiger partial charge in [-0.3, -0.25) is 0 Å². The quantitative estimate of drug-likeness (QED) is 0.273. The number of anilines is 2. The number of hydrogen-bond donors (Lipinski definition) is 0. The number of benzene rings is 4. The third-order valence-electron chi connectivity index (χ3n) is 7.43. The number of aryl methyl sites for hydroxylation is 1. The molecule has 1 nitrogen and oxygen atoms in total. The van der Waals surface area contributed by atoms with Gasteiger partial charge in [0.15, 0.2) is 0 Å². The Bertz CT molecular complexity index is 1630. The Balaban J connectivity index is 1.67. The second kappa shape index (κ2) is 9.02. The molecule has 6 rings (SSSR count). The first-order chi connectivity index (χ1) is 17.7. The van der Waals surface area contributed by atoms with Crippen LogP contribution in [0.5, 0.6) is 0 Å². The molecule has 4 aromatic rings. The van der Waals surface area contributed by atoms with Gasteiger partial charge in [-0.25, -0.2) is 0 Å². The Hall–Kier alpha value is -4.36. The van der Waals surface area contributed by atoms with Gasteiger partial charge in [-0.05, 0) is 82.3 Å². The summed E-state index contributed by atoms with van der Waals surface area (Å²) in [5.41, 5.74) is 12.0. The second-order valence-electron chi connectivity index (χ2n) is 9.35. The Kier molecular flexibility index (Phi) is 5.54. The predicted octanol–water partition coefficient (Wildman–Crippen LogP) is 9.57. The molecule has 0 spiro atoms. The largest absolute Gasteiger partial charge is 0.316 e. The summed E-state index contributed by atoms with van der Waals surface area (Å²) in [6, 6.07) is 26.3. The molecule has 36 heavy (non-hydrogen) atoms. The Morgan fingerprint density at radius 1 is 0.861 bits per heavy atom. The third-order valence-corrected chi connectivity index (χ3v) is 7.43. The summed E-state index contributed by atoms with van der Waals surface area (Å²) in [7, 11) is 0. The Morgan fingerprint density at radius 2 is 1.69 bits per heavy atom. The molecule has 0 saturated carbocycles. The van der Waals surface area contributed by atoms with Gasteiger partial charge in [0, 0.05) is 17.1 Å². The smallest absolute Gasteiger partial charge is 0.0540 e. The minimum absolute atomic E-state index is 1.06. The fourth-order valence-corrected chi connectivity index (χ4v) is 5.65. The van der Waals surface area contributed by atoms with Crippen LogP contribution in [0.3, 0.4) is 0 Å². The zero-order valence-corrected chi connectivity index (χ0v) is 20.7. The lowest BCUT2D eigenvalue weighted by Crippen LogP contribution is -2.15. The molecule has 174 valence electrons. The molecule has 1 aliphatic carbocycles. The van der Waals surface area contributed by atoms with E-state index in [2.05, 4.69) is 128 Å². The fraction of sp³-hybridized carbons (Fsp3) is 0.0857. The zero-order chi connectivity index (χ0) is 24.6. The van der Waals surface area contributed by atoms with E-state index >= 15 is 0 Å². The molecular weight excluding hydrogens is 434 g/mol. The van der Waals surface area contributed by atoms with Crippen molar-refractivity contribution in [1.29, 1.82) is 0 Å². The van der Waals surface area contributed by atoms with Crippen LogP contribution in [0.15, 0.2) is 110 Å². The molecule has 1 aliphatic heterocycles. The number of allylic oxidation sites excluding steroid dienone is 4. The van der Waals surface area contributed by atoms with E-state index in [1.165, 1.54) is 44.2 Å². The van der Waals surface area contributed by atoms with Crippen LogP contribution in [0.25, 0.3) is 34.1 Å². The second-order valence-corrected chi connectivity index (χ2v) is 9.35. The van der Waals surface area contributed by atoms with Gasteiger partial charge in [0.1, 0.15) is 0 Å². The van der Waals surface area contributed by atoms with Crippen LogP contribution in [-0.2, 0) is 6.42 Å². The maximum Gasteiger partial charge on any atom is 0.0540 e. The molecule has 0 aromatic heterocycles. The van der Waals surface area contributed by atoms with E-state index in [1.807, 2.05) is 6.08 Å². The molecule has 1 heteroatoms. The monoisotopic (exact) mass is 463 g/mol. The summed E-state index contributed by atoms with van der Waals surface area (Å²) in [4.78, 5) is 2.34. The minimum Gasteiger partial charge on any atom is -0.316 e. The van der Waals surface area contributed by atoms with Gasteiger partial charge in [-0.15, -0.1) is 0 Å². The highest BCUT2D eigenvalue weighted by Crippen LogP contribution is 2.44. The highest BCUT2D eigenvalue weighted by Gasteiger charge is 2.24. The van der Waals surface area contributed by atoms with Crippen LogP contribution >= 0.6 is 0 Å². The summed E-state index contributed by atoms with van der Waals surface area (Å²) >= 11 is 0. The molecule has 1 heterocycles. The minimum atomic E-state index is 1.06. The fourth-order valence-electron chi connectivity index (χ4n) is 5.65. The van der Waals surface area contributed by atoms with E-state index in [1.54, 1.807) is 0 Å². The van der Waals surface area contributed by atoms with Crippen LogP contribution in [-0.4, -0.2) is 0 Å². The van der Waals surface area contributed by atoms with Gasteiger partial charge < -0.3 is 4.90 Å². The summed E-state index contributed by atoms with van der Waals surface area (Å²) < 4.78 is 0. The van der Waals surface area contributed by atoms with Gasteiger partial charge in [0.2, 0.25) is 0 Å². The van der Waals surface area contributed by atoms with Crippen molar-refractivity contribution in [3.05, 3.63) is 144 Å². The van der Waals surface area contributed by atoms with Crippen LogP contribution < -0.4 is 4.90 Å². The highest BCUT2D eigenvalue weighted by atomic mass is 15.1. The van der Waals surface area contributed by atoms with Crippen LogP contribution in [0, 0.1) is 0 Å². The third kappa shape index (κ3) is 3.48. The number of rotatable bonds is 3. The zero-order valence-electron chi connectivity index (χ0n) is 20.7. The molecular formula is C35H29N. The van der Waals surface area contributed by atoms with E-state index in [0.29, 0.717) is 0 Å². The van der Waals surface area contributed by atoms with Crippen LogP contribution in [0.4, 0.5) is 11.4 Å². The number of nitrogens with zero attached hydrogens (tertiary/aromatic N) is 1. The van der Waals surface area contributed by atoms with Crippen molar-refractivity contribution in [1.82, 2.24) is 0 Å². The van der Waals surface area contributed by atoms with Gasteiger partial charge >= 0.3 is 0 Å². The van der Waals surface area contributed by atoms with Gasteiger partial charge in [-0.1, -0.05) is 98.1 Å². The Labute approximate surface area is 213 Å². The summed E-state index contributed by atoms with van der Waals surface area (Å²) in [5, 5.41) is 2.43. The van der Waals surface area contributed by atoms with Crippen molar-refractivity contribution in [3.8, 4) is 0 Å². The lowest BCUT2D eigenvalue weighted by Gasteiger charge is -2.31. The first-order valence-electron chi connectivity index (χ1n) is 12.6. The number of hydrogen-bond acceptors (Lipinski definition) is 1. The number of fused-ring (bicyclic) bond motifs is 5. The predicted molar refractivity (Wildman–Crippen MR) is 157 cm³/mol. The van der Waals surface area contributed by atoms with Crippen molar-refractivity contribution in [2.75, 3.05) is 4.90 Å². The topological polar surface area (TPSA) is 3.24 Å². The lowest BCUT2D eigenvalue weighted by atomic mass is 9.84. The average Bonchev–Trinajstić information content (AvgIpc) is 2.93. The summed E-state index contributed by atoms with van der Waals surface area (Å²) in [6.07, 6.45) is 15.2. The molecule has 4 aromatic carbocycles. The molecule has 0 amide bonds. The standard InChI is InChI=1S/C35H29N/c1-4-25(5-2)29-16-10-18-32-31(29)17-11-19-33(32)36-23-22-27-13-6-8-14-28(27)24(3)35-30-15-9-7-12-26(30)20-21-34(35)36/h4-6,8-11,13-23H,1,3,7,12H2,2H3/b23-22-,25-5+. The van der Waals surface area contributed by atoms with E-state index in [0.717, 1.165) is 35.4 Å². The van der Waals surface area contributed by atoms with Crippen molar-refractivity contribution >= 4 is 45.4 Å². The molecule has 0 N–H and O–H groups in total. The molecule has 2 aliphatic rings. The SMILES string of the molecule is C=C/C(=C\C)c1cccc2c(N3/C=C\c4ccccc4C(=C)c4c3ccc3c4C=CCC3)cccc12. The van der Waals surface area contributed by atoms with Gasteiger partial charge in [0.25, 0.3) is 0 Å². The molecule has 0 fully saturated rings. The lowest BCUT2D eigenvalue weighted by molar-refractivity contribution is 0.983. The van der Waals surface area contributed by atoms with Crippen molar-refractivity contribution < 1.29 is 0 Å². The highest BCUT2D eigenvalue weighted by molar-refractivity contribution is 6.05. The van der Waals surface area contributed by atoms with Crippen molar-refractivity contribution in [2.24, 2.45) is 0 Å². The van der Waals surface area contributed by atoms with Gasteiger partial charge in [-0.2, -0.15) is 0 Å². The molecule has 0 unspecified atom stereocenters. The van der Waals surface area contributed by atoms with E-state index < -0.39 is 0 Å². The van der Waals surface area contributed by atoms with E-state index in [4.69, 9.17) is 0 Å². The van der Waals surface area contributed by atoms with Crippen molar-refractivity contribution in [2.45, 2.75) is 19.8 Å². The molecule has 0 atom stereocenters. The summed E-state index contributed by atoms with van der Waals surface area (Å²) in [5.74, 6) is 0. The van der Waals surface area contributed by atoms with Crippen LogP contribution in [0.1, 0.15) is 46.7 Å². The first kappa shape index (κ1) is 22.1. The van der Waals surface area contributed by atoms with Gasteiger partial charge in [0.05, 0.1) is 11.4 Å². The molecule has 0 saturated heterocycles. The normalized spacial score (nSPS) is 15.5.